The van der Waals surface area contributed by atoms with Crippen molar-refractivity contribution < 1.29 is 14.7 Å². The molecule has 0 spiro atoms. The van der Waals surface area contributed by atoms with E-state index in [-0.39, 0.29) is 12.1 Å². The number of amides is 2. The predicted octanol–water partition coefficient (Wildman–Crippen LogP) is 1.57. The molecule has 1 aromatic rings. The van der Waals surface area contributed by atoms with Crippen LogP contribution in [0.2, 0.25) is 0 Å². The second kappa shape index (κ2) is 7.61. The largest absolute Gasteiger partial charge is 0.481 e. The number of carbonyl (C=O) groups excluding carboxylic acids is 1. The number of pyridine rings is 1. The summed E-state index contributed by atoms with van der Waals surface area (Å²) < 4.78 is 0. The van der Waals surface area contributed by atoms with Crippen LogP contribution in [-0.4, -0.2) is 34.7 Å². The molecule has 1 aliphatic rings. The molecule has 21 heavy (non-hydrogen) atoms. The fourth-order valence-electron chi connectivity index (χ4n) is 2.67. The number of aliphatic carboxylic acids is 1. The van der Waals surface area contributed by atoms with Crippen LogP contribution in [0.15, 0.2) is 24.4 Å². The van der Waals surface area contributed by atoms with E-state index in [1.54, 1.807) is 6.20 Å². The lowest BCUT2D eigenvalue weighted by Crippen LogP contribution is -2.49. The molecule has 0 aromatic carbocycles. The Balaban J connectivity index is 1.74. The van der Waals surface area contributed by atoms with Crippen LogP contribution in [0.5, 0.6) is 0 Å². The van der Waals surface area contributed by atoms with Crippen LogP contribution in [0.25, 0.3) is 0 Å². The number of nitrogens with zero attached hydrogens (tertiary/aromatic N) is 1. The summed E-state index contributed by atoms with van der Waals surface area (Å²) in [5, 5.41) is 14.7. The number of hydrogen-bond donors (Lipinski definition) is 3. The molecule has 1 saturated carbocycles. The maximum Gasteiger partial charge on any atom is 0.315 e. The minimum absolute atomic E-state index is 0.272. The number of urea groups is 1. The maximum absolute atomic E-state index is 11.8. The minimum atomic E-state index is -0.825. The van der Waals surface area contributed by atoms with Gasteiger partial charge in [0.2, 0.25) is 0 Å². The summed E-state index contributed by atoms with van der Waals surface area (Å²) in [7, 11) is 0. The van der Waals surface area contributed by atoms with Crippen molar-refractivity contribution in [2.75, 3.05) is 6.54 Å². The molecule has 0 saturated heterocycles. The lowest BCUT2D eigenvalue weighted by atomic mass is 9.84. The molecular weight excluding hydrogens is 270 g/mol. The van der Waals surface area contributed by atoms with Crippen molar-refractivity contribution in [2.24, 2.45) is 5.92 Å². The summed E-state index contributed by atoms with van der Waals surface area (Å²) in [6, 6.07) is 5.08. The third-order valence-electron chi connectivity index (χ3n) is 3.79. The molecule has 2 unspecified atom stereocenters. The highest BCUT2D eigenvalue weighted by Gasteiger charge is 2.31. The number of rotatable bonds is 5. The number of carboxylic acid groups (broad SMARTS) is 1. The Hall–Kier alpha value is -2.11. The highest BCUT2D eigenvalue weighted by Crippen LogP contribution is 2.24. The molecule has 1 aromatic heterocycles. The van der Waals surface area contributed by atoms with Crippen molar-refractivity contribution >= 4 is 12.0 Å². The summed E-state index contributed by atoms with van der Waals surface area (Å²) >= 11 is 0. The van der Waals surface area contributed by atoms with Crippen LogP contribution in [0.3, 0.4) is 0 Å². The molecule has 0 aliphatic heterocycles. The van der Waals surface area contributed by atoms with Crippen molar-refractivity contribution in [3.8, 4) is 0 Å². The third kappa shape index (κ3) is 4.73. The van der Waals surface area contributed by atoms with Gasteiger partial charge in [-0.05, 0) is 25.0 Å². The topological polar surface area (TPSA) is 91.3 Å². The first-order chi connectivity index (χ1) is 10.2. The Morgan fingerprint density at radius 2 is 2.10 bits per heavy atom. The van der Waals surface area contributed by atoms with E-state index in [1.807, 2.05) is 18.2 Å². The van der Waals surface area contributed by atoms with Gasteiger partial charge < -0.3 is 15.7 Å². The van der Waals surface area contributed by atoms with E-state index in [1.165, 1.54) is 0 Å². The molecule has 2 amide bonds. The lowest BCUT2D eigenvalue weighted by Gasteiger charge is -2.29. The van der Waals surface area contributed by atoms with Gasteiger partial charge in [-0.3, -0.25) is 9.78 Å². The summed E-state index contributed by atoms with van der Waals surface area (Å²) in [5.41, 5.74) is 0.916. The quantitative estimate of drug-likeness (QED) is 0.768. The van der Waals surface area contributed by atoms with Gasteiger partial charge in [-0.25, -0.2) is 4.79 Å². The highest BCUT2D eigenvalue weighted by molar-refractivity contribution is 5.76. The fourth-order valence-corrected chi connectivity index (χ4v) is 2.67. The van der Waals surface area contributed by atoms with Crippen molar-refractivity contribution in [1.82, 2.24) is 15.6 Å². The first-order valence-electron chi connectivity index (χ1n) is 7.34. The first kappa shape index (κ1) is 15.3. The smallest absolute Gasteiger partial charge is 0.315 e. The van der Waals surface area contributed by atoms with E-state index in [2.05, 4.69) is 15.6 Å². The minimum Gasteiger partial charge on any atom is -0.481 e. The molecule has 1 fully saturated rings. The molecule has 6 heteroatoms. The Labute approximate surface area is 124 Å². The van der Waals surface area contributed by atoms with Crippen LogP contribution in [-0.2, 0) is 11.2 Å². The molecule has 1 aliphatic carbocycles. The molecule has 3 N–H and O–H groups in total. The van der Waals surface area contributed by atoms with Gasteiger partial charge in [0.25, 0.3) is 0 Å². The SMILES string of the molecule is O=C(NCCc1ccccn1)NC1CCCCC1C(=O)O. The van der Waals surface area contributed by atoms with Crippen LogP contribution in [0.1, 0.15) is 31.4 Å². The number of aromatic nitrogens is 1. The monoisotopic (exact) mass is 291 g/mol. The molecule has 2 rings (SSSR count). The molecule has 1 heterocycles. The lowest BCUT2D eigenvalue weighted by molar-refractivity contribution is -0.143. The molecular formula is C15H21N3O3. The molecule has 114 valence electrons. The summed E-state index contributed by atoms with van der Waals surface area (Å²) in [4.78, 5) is 27.2. The second-order valence-corrected chi connectivity index (χ2v) is 5.31. The van der Waals surface area contributed by atoms with Gasteiger partial charge in [-0.2, -0.15) is 0 Å². The van der Waals surface area contributed by atoms with Crippen LogP contribution < -0.4 is 10.6 Å². The normalized spacial score (nSPS) is 21.5. The standard InChI is InChI=1S/C15H21N3O3/c19-14(20)12-6-1-2-7-13(12)18-15(21)17-10-8-11-5-3-4-9-16-11/h3-5,9,12-13H,1-2,6-8,10H2,(H,19,20)(H2,17,18,21). The van der Waals surface area contributed by atoms with E-state index >= 15 is 0 Å². The zero-order valence-electron chi connectivity index (χ0n) is 11.9. The Kier molecular flexibility index (Phi) is 5.54. The number of carbonyl (C=O) groups is 2. The zero-order chi connectivity index (χ0) is 15.1. The highest BCUT2D eigenvalue weighted by atomic mass is 16.4. The van der Waals surface area contributed by atoms with Crippen LogP contribution in [0.4, 0.5) is 4.79 Å². The van der Waals surface area contributed by atoms with Gasteiger partial charge >= 0.3 is 12.0 Å². The zero-order valence-corrected chi connectivity index (χ0v) is 11.9. The molecule has 2 atom stereocenters. The molecule has 6 nitrogen and oxygen atoms in total. The second-order valence-electron chi connectivity index (χ2n) is 5.31. The maximum atomic E-state index is 11.8. The Morgan fingerprint density at radius 3 is 2.81 bits per heavy atom. The van der Waals surface area contributed by atoms with E-state index in [4.69, 9.17) is 5.11 Å². The third-order valence-corrected chi connectivity index (χ3v) is 3.79. The number of carboxylic acids is 1. The van der Waals surface area contributed by atoms with Gasteiger partial charge in [-0.1, -0.05) is 18.9 Å². The number of nitrogens with one attached hydrogen (secondary N) is 2. The fraction of sp³-hybridized carbons (Fsp3) is 0.533. The van der Waals surface area contributed by atoms with E-state index in [0.29, 0.717) is 19.4 Å². The molecule has 0 bridgehead atoms. The number of hydrogen-bond acceptors (Lipinski definition) is 3. The van der Waals surface area contributed by atoms with E-state index in [0.717, 1.165) is 25.0 Å². The van der Waals surface area contributed by atoms with Crippen LogP contribution >= 0.6 is 0 Å². The predicted molar refractivity (Wildman–Crippen MR) is 77.9 cm³/mol. The van der Waals surface area contributed by atoms with Gasteiger partial charge in [0, 0.05) is 30.9 Å². The summed E-state index contributed by atoms with van der Waals surface area (Å²) in [5.74, 6) is -1.30. The van der Waals surface area contributed by atoms with Gasteiger partial charge in [0.1, 0.15) is 0 Å². The van der Waals surface area contributed by atoms with Crippen molar-refractivity contribution in [1.29, 1.82) is 0 Å². The summed E-state index contributed by atoms with van der Waals surface area (Å²) in [6.07, 6.45) is 5.61. The van der Waals surface area contributed by atoms with Crippen LogP contribution in [0, 0.1) is 5.92 Å². The van der Waals surface area contributed by atoms with E-state index < -0.39 is 11.9 Å². The van der Waals surface area contributed by atoms with Gasteiger partial charge in [0.05, 0.1) is 5.92 Å². The van der Waals surface area contributed by atoms with Gasteiger partial charge in [-0.15, -0.1) is 0 Å². The van der Waals surface area contributed by atoms with E-state index in [9.17, 15) is 9.59 Å². The van der Waals surface area contributed by atoms with Crippen molar-refractivity contribution in [3.63, 3.8) is 0 Å². The first-order valence-corrected chi connectivity index (χ1v) is 7.34. The van der Waals surface area contributed by atoms with Crippen molar-refractivity contribution in [3.05, 3.63) is 30.1 Å². The average molecular weight is 291 g/mol. The average Bonchev–Trinajstić information content (AvgIpc) is 2.48. The summed E-state index contributed by atoms with van der Waals surface area (Å²) in [6.45, 7) is 0.479. The Morgan fingerprint density at radius 1 is 1.29 bits per heavy atom. The van der Waals surface area contributed by atoms with Crippen molar-refractivity contribution in [2.45, 2.75) is 38.1 Å². The molecule has 0 radical (unpaired) electrons. The Bertz CT molecular complexity index is 478. The van der Waals surface area contributed by atoms with Gasteiger partial charge in [0.15, 0.2) is 0 Å².